The van der Waals surface area contributed by atoms with Crippen LogP contribution in [0.2, 0.25) is 0 Å². The summed E-state index contributed by atoms with van der Waals surface area (Å²) >= 11 is 0. The molecule has 1 amide bonds. The maximum Gasteiger partial charge on any atom is 0.226 e. The number of likely N-dealkylation sites (tertiary alicyclic amines) is 1. The zero-order valence-electron chi connectivity index (χ0n) is 15.6. The molecule has 140 valence electrons. The summed E-state index contributed by atoms with van der Waals surface area (Å²) in [5.41, 5.74) is 4.02. The first-order valence-electron chi connectivity index (χ1n) is 9.45. The molecule has 3 aromatic rings. The number of benzene rings is 1. The first-order chi connectivity index (χ1) is 13.1. The van der Waals surface area contributed by atoms with Crippen LogP contribution in [-0.2, 0) is 11.8 Å². The highest BCUT2D eigenvalue weighted by atomic mass is 16.1. The van der Waals surface area contributed by atoms with E-state index < -0.39 is 0 Å². The van der Waals surface area contributed by atoms with Crippen LogP contribution in [0.4, 0.5) is 5.82 Å². The number of rotatable bonds is 2. The lowest BCUT2D eigenvalue weighted by molar-refractivity contribution is -0.116. The van der Waals surface area contributed by atoms with Crippen LogP contribution in [0.25, 0.3) is 11.0 Å². The molecule has 8 nitrogen and oxygen atoms in total. The Bertz CT molecular complexity index is 1010. The number of fused-ring (bicyclic) bond motifs is 2. The van der Waals surface area contributed by atoms with Crippen molar-refractivity contribution in [3.05, 3.63) is 35.5 Å². The van der Waals surface area contributed by atoms with E-state index in [1.807, 2.05) is 30.1 Å². The molecule has 2 aromatic heterocycles. The maximum atomic E-state index is 12.5. The Kier molecular flexibility index (Phi) is 3.75. The number of piperidine rings is 1. The Morgan fingerprint density at radius 1 is 1.19 bits per heavy atom. The van der Waals surface area contributed by atoms with Crippen molar-refractivity contribution in [3.8, 4) is 0 Å². The van der Waals surface area contributed by atoms with Crippen molar-refractivity contribution in [2.45, 2.75) is 31.2 Å². The van der Waals surface area contributed by atoms with E-state index in [9.17, 15) is 4.79 Å². The van der Waals surface area contributed by atoms with Crippen molar-refractivity contribution >= 4 is 22.8 Å². The molecule has 2 aliphatic rings. The molecule has 1 aromatic carbocycles. The average molecular weight is 365 g/mol. The van der Waals surface area contributed by atoms with E-state index in [4.69, 9.17) is 0 Å². The summed E-state index contributed by atoms with van der Waals surface area (Å²) in [6.45, 7) is 2.11. The summed E-state index contributed by atoms with van der Waals surface area (Å²) in [7, 11) is 4.03. The summed E-state index contributed by atoms with van der Waals surface area (Å²) in [4.78, 5) is 14.8. The van der Waals surface area contributed by atoms with Crippen molar-refractivity contribution in [1.29, 1.82) is 0 Å². The second-order valence-corrected chi connectivity index (χ2v) is 7.69. The van der Waals surface area contributed by atoms with Gasteiger partial charge >= 0.3 is 0 Å². The molecule has 27 heavy (non-hydrogen) atoms. The van der Waals surface area contributed by atoms with Crippen LogP contribution in [0.15, 0.2) is 24.4 Å². The highest BCUT2D eigenvalue weighted by Gasteiger charge is 2.32. The predicted molar refractivity (Wildman–Crippen MR) is 102 cm³/mol. The lowest BCUT2D eigenvalue weighted by Crippen LogP contribution is -2.33. The number of amides is 1. The number of carbonyl (C=O) groups excluding carboxylic acids is 1. The fraction of sp³-hybridized carbons (Fsp3) is 0.474. The van der Waals surface area contributed by atoms with Crippen LogP contribution >= 0.6 is 0 Å². The smallest absolute Gasteiger partial charge is 0.226 e. The number of aromatic nitrogens is 5. The highest BCUT2D eigenvalue weighted by Crippen LogP contribution is 2.39. The Labute approximate surface area is 157 Å². The minimum Gasteiger partial charge on any atom is -0.311 e. The second kappa shape index (κ2) is 6.16. The summed E-state index contributed by atoms with van der Waals surface area (Å²) < 4.78 is 3.80. The number of hydrogen-bond acceptors (Lipinski definition) is 5. The lowest BCUT2D eigenvalue weighted by Gasteiger charge is -2.31. The topological polar surface area (TPSA) is 80.9 Å². The van der Waals surface area contributed by atoms with Gasteiger partial charge in [-0.2, -0.15) is 5.10 Å². The Morgan fingerprint density at radius 3 is 2.81 bits per heavy atom. The number of nitrogens with one attached hydrogen (secondary N) is 1. The molecular formula is C19H23N7O. The van der Waals surface area contributed by atoms with Crippen LogP contribution in [0.5, 0.6) is 0 Å². The third-order valence-corrected chi connectivity index (χ3v) is 5.92. The number of anilines is 1. The van der Waals surface area contributed by atoms with Crippen LogP contribution in [-0.4, -0.2) is 55.7 Å². The van der Waals surface area contributed by atoms with Crippen LogP contribution in [0, 0.1) is 0 Å². The Hall–Kier alpha value is -2.74. The van der Waals surface area contributed by atoms with E-state index in [0.717, 1.165) is 53.9 Å². The molecule has 0 spiro atoms. The molecule has 2 aliphatic heterocycles. The van der Waals surface area contributed by atoms with Gasteiger partial charge in [0.1, 0.15) is 11.3 Å². The first kappa shape index (κ1) is 16.4. The van der Waals surface area contributed by atoms with Gasteiger partial charge in [0, 0.05) is 24.9 Å². The quantitative estimate of drug-likeness (QED) is 0.750. The lowest BCUT2D eigenvalue weighted by atomic mass is 9.87. The van der Waals surface area contributed by atoms with Crippen molar-refractivity contribution in [1.82, 2.24) is 29.7 Å². The van der Waals surface area contributed by atoms with Gasteiger partial charge in [-0.1, -0.05) is 11.3 Å². The third kappa shape index (κ3) is 2.71. The molecule has 1 atom stereocenters. The van der Waals surface area contributed by atoms with Gasteiger partial charge in [-0.05, 0) is 50.7 Å². The van der Waals surface area contributed by atoms with Gasteiger partial charge in [0.2, 0.25) is 5.91 Å². The average Bonchev–Trinajstić information content (AvgIpc) is 3.25. The monoisotopic (exact) mass is 365 g/mol. The fourth-order valence-corrected chi connectivity index (χ4v) is 4.33. The predicted octanol–water partition coefficient (Wildman–Crippen LogP) is 1.91. The van der Waals surface area contributed by atoms with Crippen molar-refractivity contribution in [2.75, 3.05) is 25.5 Å². The molecule has 1 N–H and O–H groups in total. The molecule has 0 aliphatic carbocycles. The van der Waals surface area contributed by atoms with Gasteiger partial charge in [0.25, 0.3) is 0 Å². The van der Waals surface area contributed by atoms with Gasteiger partial charge in [-0.25, -0.2) is 9.36 Å². The second-order valence-electron chi connectivity index (χ2n) is 7.69. The third-order valence-electron chi connectivity index (χ3n) is 5.92. The molecule has 0 bridgehead atoms. The van der Waals surface area contributed by atoms with Gasteiger partial charge in [-0.3, -0.25) is 4.79 Å². The van der Waals surface area contributed by atoms with E-state index in [-0.39, 0.29) is 11.8 Å². The number of nitrogens with zero attached hydrogens (tertiary/aromatic N) is 6. The van der Waals surface area contributed by atoms with E-state index in [1.54, 1.807) is 4.68 Å². The minimum absolute atomic E-state index is 0.000158. The van der Waals surface area contributed by atoms with Gasteiger partial charge in [0.05, 0.1) is 17.8 Å². The molecule has 8 heteroatoms. The van der Waals surface area contributed by atoms with E-state index in [2.05, 4.69) is 38.7 Å². The molecule has 4 heterocycles. The summed E-state index contributed by atoms with van der Waals surface area (Å²) in [6, 6.07) is 6.48. The Balaban J connectivity index is 1.53. The summed E-state index contributed by atoms with van der Waals surface area (Å²) in [5.74, 6) is 0.909. The van der Waals surface area contributed by atoms with Crippen molar-refractivity contribution < 1.29 is 4.79 Å². The summed E-state index contributed by atoms with van der Waals surface area (Å²) in [5, 5.41) is 16.0. The maximum absolute atomic E-state index is 12.5. The molecule has 0 unspecified atom stereocenters. The van der Waals surface area contributed by atoms with Crippen LogP contribution in [0.1, 0.15) is 42.3 Å². The molecule has 5 rings (SSSR count). The molecule has 1 fully saturated rings. The number of aryl methyl sites for hydroxylation is 1. The van der Waals surface area contributed by atoms with Crippen LogP contribution in [0.3, 0.4) is 0 Å². The molecular weight excluding hydrogens is 342 g/mol. The first-order valence-corrected chi connectivity index (χ1v) is 9.45. The van der Waals surface area contributed by atoms with Gasteiger partial charge < -0.3 is 10.2 Å². The molecule has 0 radical (unpaired) electrons. The van der Waals surface area contributed by atoms with E-state index in [0.29, 0.717) is 12.5 Å². The number of hydrogen-bond donors (Lipinski definition) is 1. The molecule has 0 saturated carbocycles. The highest BCUT2D eigenvalue weighted by molar-refractivity contribution is 5.94. The van der Waals surface area contributed by atoms with E-state index in [1.165, 1.54) is 0 Å². The van der Waals surface area contributed by atoms with Crippen LogP contribution < -0.4 is 5.32 Å². The van der Waals surface area contributed by atoms with Crippen molar-refractivity contribution in [3.63, 3.8) is 0 Å². The zero-order chi connectivity index (χ0) is 18.5. The fourth-order valence-electron chi connectivity index (χ4n) is 4.33. The SMILES string of the molecule is CN1CCC(n2ncc3c2NC(=O)C[C@@H]3c2ccc3c(c2)nnn3C)CC1. The zero-order valence-corrected chi connectivity index (χ0v) is 15.6. The standard InChI is InChI=1S/C19H23N7O/c1-24-7-5-13(6-8-24)26-19-15(11-20-26)14(10-18(27)21-19)12-3-4-17-16(9-12)22-23-25(17)2/h3-4,9,11,13-14H,5-8,10H2,1-2H3,(H,21,27)/t14-/m1/s1. The van der Waals surface area contributed by atoms with Gasteiger partial charge in [-0.15, -0.1) is 5.10 Å². The largest absolute Gasteiger partial charge is 0.311 e. The normalized spacial score (nSPS) is 21.4. The molecule has 1 saturated heterocycles. The van der Waals surface area contributed by atoms with E-state index >= 15 is 0 Å². The Morgan fingerprint density at radius 2 is 2.00 bits per heavy atom. The summed E-state index contributed by atoms with van der Waals surface area (Å²) in [6.07, 6.45) is 4.46. The number of carbonyl (C=O) groups is 1. The minimum atomic E-state index is 0.000158. The van der Waals surface area contributed by atoms with Crippen molar-refractivity contribution in [2.24, 2.45) is 7.05 Å². The van der Waals surface area contributed by atoms with Gasteiger partial charge in [0.15, 0.2) is 0 Å².